The fraction of sp³-hybridized carbons (Fsp3) is 0.333. The summed E-state index contributed by atoms with van der Waals surface area (Å²) in [6.45, 7) is 1.86. The summed E-state index contributed by atoms with van der Waals surface area (Å²) in [5.74, 6) is -0.176. The Kier molecular flexibility index (Phi) is 3.95. The number of hydrogen-bond acceptors (Lipinski definition) is 5. The van der Waals surface area contributed by atoms with Crippen molar-refractivity contribution in [1.82, 2.24) is 9.78 Å². The number of nitrogens with one attached hydrogen (secondary N) is 1. The number of rotatable bonds is 4. The Morgan fingerprint density at radius 1 is 1.30 bits per heavy atom. The lowest BCUT2D eigenvalue weighted by atomic mass is 10.2. The van der Waals surface area contributed by atoms with Gasteiger partial charge in [0.05, 0.1) is 22.9 Å². The molecule has 1 aromatic carbocycles. The van der Waals surface area contributed by atoms with Gasteiger partial charge < -0.3 is 10.1 Å². The maximum Gasteiger partial charge on any atom is 0.251 e. The van der Waals surface area contributed by atoms with E-state index in [1.165, 1.54) is 7.11 Å². The quantitative estimate of drug-likeness (QED) is 0.906. The first-order chi connectivity index (χ1) is 10.9. The van der Waals surface area contributed by atoms with Crippen molar-refractivity contribution in [3.05, 3.63) is 41.1 Å². The largest absolute Gasteiger partial charge is 0.375 e. The minimum Gasteiger partial charge on any atom is -0.375 e. The molecule has 1 aromatic heterocycles. The number of fused-ring (bicyclic) bond motifs is 1. The highest BCUT2D eigenvalue weighted by molar-refractivity contribution is 7.90. The van der Waals surface area contributed by atoms with Crippen LogP contribution in [0.25, 0.3) is 5.69 Å². The lowest BCUT2D eigenvalue weighted by Gasteiger charge is -2.11. The number of ether oxygens (including phenoxy) is 1. The number of anilines is 1. The zero-order valence-corrected chi connectivity index (χ0v) is 13.7. The van der Waals surface area contributed by atoms with Crippen molar-refractivity contribution in [2.75, 3.05) is 19.0 Å². The van der Waals surface area contributed by atoms with Crippen molar-refractivity contribution in [2.24, 2.45) is 0 Å². The summed E-state index contributed by atoms with van der Waals surface area (Å²) in [7, 11) is -1.77. The van der Waals surface area contributed by atoms with Crippen LogP contribution in [-0.4, -0.2) is 37.8 Å². The van der Waals surface area contributed by atoms with Gasteiger partial charge in [-0.25, -0.2) is 13.1 Å². The lowest BCUT2D eigenvalue weighted by molar-refractivity contribution is -0.119. The van der Waals surface area contributed by atoms with E-state index in [9.17, 15) is 13.2 Å². The van der Waals surface area contributed by atoms with Gasteiger partial charge in [0.1, 0.15) is 12.4 Å². The maximum atomic E-state index is 11.9. The smallest absolute Gasteiger partial charge is 0.251 e. The van der Waals surface area contributed by atoms with Crippen LogP contribution in [0.4, 0.5) is 5.82 Å². The highest BCUT2D eigenvalue weighted by atomic mass is 32.2. The molecule has 7 nitrogen and oxygen atoms in total. The van der Waals surface area contributed by atoms with Crippen LogP contribution in [0.1, 0.15) is 16.8 Å². The molecule has 0 bridgehead atoms. The number of aromatic nitrogens is 2. The van der Waals surface area contributed by atoms with Crippen molar-refractivity contribution in [1.29, 1.82) is 0 Å². The molecular weight excluding hydrogens is 318 g/mol. The van der Waals surface area contributed by atoms with Gasteiger partial charge in [0.2, 0.25) is 0 Å². The molecule has 0 spiro atoms. The molecule has 122 valence electrons. The van der Waals surface area contributed by atoms with Gasteiger partial charge in [-0.2, -0.15) is 5.10 Å². The van der Waals surface area contributed by atoms with Crippen LogP contribution in [0.15, 0.2) is 24.3 Å². The summed E-state index contributed by atoms with van der Waals surface area (Å²) in [5, 5.41) is 7.10. The summed E-state index contributed by atoms with van der Waals surface area (Å²) in [6, 6.07) is 7.61. The minimum absolute atomic E-state index is 0.103. The van der Waals surface area contributed by atoms with E-state index in [1.54, 1.807) is 4.68 Å². The van der Waals surface area contributed by atoms with Crippen molar-refractivity contribution in [3.63, 3.8) is 0 Å². The number of benzene rings is 1. The molecule has 1 N–H and O–H groups in total. The molecule has 1 amide bonds. The normalized spacial score (nSPS) is 15.4. The van der Waals surface area contributed by atoms with E-state index in [1.807, 2.05) is 31.2 Å². The molecule has 0 radical (unpaired) electrons. The van der Waals surface area contributed by atoms with Crippen LogP contribution in [0, 0.1) is 6.92 Å². The molecule has 2 heterocycles. The second kappa shape index (κ2) is 5.78. The van der Waals surface area contributed by atoms with Gasteiger partial charge in [0.25, 0.3) is 5.91 Å². The molecule has 23 heavy (non-hydrogen) atoms. The summed E-state index contributed by atoms with van der Waals surface area (Å²) in [5.41, 5.74) is 2.89. The second-order valence-corrected chi connectivity index (χ2v) is 7.60. The van der Waals surface area contributed by atoms with Crippen molar-refractivity contribution in [3.8, 4) is 5.69 Å². The average molecular weight is 335 g/mol. The Morgan fingerprint density at radius 2 is 2.00 bits per heavy atom. The van der Waals surface area contributed by atoms with Crippen LogP contribution in [0.5, 0.6) is 0 Å². The summed E-state index contributed by atoms with van der Waals surface area (Å²) < 4.78 is 30.0. The Morgan fingerprint density at radius 3 is 2.65 bits per heavy atom. The minimum atomic E-state index is -3.20. The number of sulfone groups is 1. The number of hydrogen-bond donors (Lipinski definition) is 1. The van der Waals surface area contributed by atoms with Crippen LogP contribution < -0.4 is 5.32 Å². The molecule has 1 aliphatic heterocycles. The van der Waals surface area contributed by atoms with Gasteiger partial charge in [-0.1, -0.05) is 17.7 Å². The Labute approximate surface area is 134 Å². The molecule has 0 aliphatic carbocycles. The fourth-order valence-corrected chi connectivity index (χ4v) is 4.04. The number of nitrogens with zero attached hydrogens (tertiary/aromatic N) is 2. The highest BCUT2D eigenvalue weighted by Crippen LogP contribution is 2.32. The van der Waals surface area contributed by atoms with Crippen molar-refractivity contribution < 1.29 is 17.9 Å². The fourth-order valence-electron chi connectivity index (χ4n) is 2.54. The molecule has 0 unspecified atom stereocenters. The summed E-state index contributed by atoms with van der Waals surface area (Å²) in [6.07, 6.45) is 0. The summed E-state index contributed by atoms with van der Waals surface area (Å²) in [4.78, 5) is 11.9. The van der Waals surface area contributed by atoms with Crippen molar-refractivity contribution in [2.45, 2.75) is 18.4 Å². The summed E-state index contributed by atoms with van der Waals surface area (Å²) >= 11 is 0. The second-order valence-electron chi connectivity index (χ2n) is 5.53. The van der Waals surface area contributed by atoms with E-state index in [-0.39, 0.29) is 24.0 Å². The van der Waals surface area contributed by atoms with Gasteiger partial charge in [0, 0.05) is 12.7 Å². The molecule has 0 fully saturated rings. The number of carbonyl (C=O) groups is 1. The van der Waals surface area contributed by atoms with Gasteiger partial charge in [0.15, 0.2) is 9.84 Å². The third-order valence-electron chi connectivity index (χ3n) is 3.60. The van der Waals surface area contributed by atoms with Gasteiger partial charge in [-0.15, -0.1) is 0 Å². The van der Waals surface area contributed by atoms with E-state index < -0.39 is 9.84 Å². The molecule has 0 saturated carbocycles. The van der Waals surface area contributed by atoms with Gasteiger partial charge >= 0.3 is 0 Å². The molecule has 0 saturated heterocycles. The third-order valence-corrected chi connectivity index (χ3v) is 5.04. The zero-order chi connectivity index (χ0) is 16.6. The number of methoxy groups -OCH3 is 1. The SMILES string of the molecule is COCC(=O)Nc1c2c(nn1-c1ccc(C)cc1)CS(=O)(=O)C2. The Balaban J connectivity index is 2.06. The average Bonchev–Trinajstić information content (AvgIpc) is 2.93. The van der Waals surface area contributed by atoms with Crippen molar-refractivity contribution >= 4 is 21.6 Å². The Hall–Kier alpha value is -2.19. The Bertz CT molecular complexity index is 854. The molecule has 1 aliphatic rings. The van der Waals surface area contributed by atoms with E-state index in [4.69, 9.17) is 4.74 Å². The standard InChI is InChI=1S/C15H17N3O4S/c1-10-3-5-11(6-4-10)18-15(16-14(19)7-22-2)12-8-23(20,21)9-13(12)17-18/h3-6H,7-9H2,1-2H3,(H,16,19). The van der Waals surface area contributed by atoms with Crippen LogP contribution in [0.2, 0.25) is 0 Å². The first kappa shape index (κ1) is 15.7. The van der Waals surface area contributed by atoms with Crippen LogP contribution >= 0.6 is 0 Å². The predicted octanol–water partition coefficient (Wildman–Crippen LogP) is 1.19. The van der Waals surface area contributed by atoms with Gasteiger partial charge in [-0.3, -0.25) is 4.79 Å². The van der Waals surface area contributed by atoms with E-state index in [2.05, 4.69) is 10.4 Å². The van der Waals surface area contributed by atoms with E-state index in [0.717, 1.165) is 11.3 Å². The lowest BCUT2D eigenvalue weighted by Crippen LogP contribution is -2.20. The molecule has 0 atom stereocenters. The number of carbonyl (C=O) groups excluding carboxylic acids is 1. The van der Waals surface area contributed by atoms with Crippen LogP contribution in [0.3, 0.4) is 0 Å². The topological polar surface area (TPSA) is 90.3 Å². The highest BCUT2D eigenvalue weighted by Gasteiger charge is 2.33. The van der Waals surface area contributed by atoms with Crippen LogP contribution in [-0.2, 0) is 30.9 Å². The van der Waals surface area contributed by atoms with E-state index in [0.29, 0.717) is 17.1 Å². The first-order valence-corrected chi connectivity index (χ1v) is 8.89. The molecule has 2 aromatic rings. The third kappa shape index (κ3) is 3.13. The maximum absolute atomic E-state index is 11.9. The zero-order valence-electron chi connectivity index (χ0n) is 12.9. The predicted molar refractivity (Wildman–Crippen MR) is 85.1 cm³/mol. The monoisotopic (exact) mass is 335 g/mol. The first-order valence-electron chi connectivity index (χ1n) is 7.06. The van der Waals surface area contributed by atoms with Gasteiger partial charge in [-0.05, 0) is 19.1 Å². The molecular formula is C15H17N3O4S. The number of aryl methyl sites for hydroxylation is 1. The van der Waals surface area contributed by atoms with E-state index >= 15 is 0 Å². The number of amides is 1. The molecule has 3 rings (SSSR count). The molecule has 8 heteroatoms.